The molecule has 6 nitrogen and oxygen atoms in total. The minimum atomic E-state index is -0.636. The Kier molecular flexibility index (Phi) is 11.5. The second-order valence-corrected chi connectivity index (χ2v) is 6.36. The molecule has 1 aromatic heterocycles. The van der Waals surface area contributed by atoms with Gasteiger partial charge in [-0.2, -0.15) is 0 Å². The molecule has 0 aliphatic carbocycles. The predicted octanol–water partition coefficient (Wildman–Crippen LogP) is 3.12. The molecule has 0 amide bonds. The van der Waals surface area contributed by atoms with Crippen molar-refractivity contribution in [3.63, 3.8) is 0 Å². The van der Waals surface area contributed by atoms with Crippen molar-refractivity contribution >= 4 is 35.6 Å². The fourth-order valence-electron chi connectivity index (χ4n) is 2.81. The smallest absolute Gasteiger partial charge is 0.191 e. The first-order valence-electron chi connectivity index (χ1n) is 9.55. The molecule has 0 radical (unpaired) electrons. The third kappa shape index (κ3) is 8.02. The zero-order valence-electron chi connectivity index (χ0n) is 16.9. The van der Waals surface area contributed by atoms with E-state index in [1.807, 2.05) is 19.1 Å². The number of aryl methyl sites for hydroxylation is 1. The number of anilines is 1. The summed E-state index contributed by atoms with van der Waals surface area (Å²) in [4.78, 5) is 10.8. The number of hydrogen-bond acceptors (Lipinski definition) is 4. The third-order valence-electron chi connectivity index (χ3n) is 4.28. The molecule has 0 saturated heterocycles. The number of aliphatic hydroxyl groups is 1. The topological polar surface area (TPSA) is 72.8 Å². The van der Waals surface area contributed by atoms with E-state index < -0.39 is 6.10 Å². The number of benzene rings is 1. The summed E-state index contributed by atoms with van der Waals surface area (Å²) >= 11 is 0. The maximum atomic E-state index is 10.3. The summed E-state index contributed by atoms with van der Waals surface area (Å²) in [6, 6.07) is 12.2. The van der Waals surface area contributed by atoms with Crippen LogP contribution in [0.2, 0.25) is 0 Å². The number of aliphatic hydroxyl groups excluding tert-OH is 1. The Hall–Kier alpha value is -1.87. The van der Waals surface area contributed by atoms with Crippen molar-refractivity contribution in [2.45, 2.75) is 26.9 Å². The fraction of sp³-hybridized carbons (Fsp3) is 0.429. The number of guanidine groups is 1. The lowest BCUT2D eigenvalue weighted by molar-refractivity contribution is 0.187. The minimum Gasteiger partial charge on any atom is -0.386 e. The van der Waals surface area contributed by atoms with E-state index in [0.717, 1.165) is 31.7 Å². The lowest BCUT2D eigenvalue weighted by atomic mass is 10.1. The second kappa shape index (κ2) is 13.3. The molecule has 1 unspecified atom stereocenters. The van der Waals surface area contributed by atoms with Gasteiger partial charge < -0.3 is 20.6 Å². The molecule has 1 heterocycles. The number of likely N-dealkylation sites (N-methyl/N-ethyl adjacent to an activating group) is 1. The van der Waals surface area contributed by atoms with Gasteiger partial charge in [0.25, 0.3) is 0 Å². The van der Waals surface area contributed by atoms with Gasteiger partial charge in [-0.25, -0.2) is 0 Å². The van der Waals surface area contributed by atoms with E-state index in [-0.39, 0.29) is 24.0 Å². The van der Waals surface area contributed by atoms with Crippen molar-refractivity contribution in [2.75, 3.05) is 37.6 Å². The molecular weight excluding hydrogens is 465 g/mol. The molecular formula is C21H32IN5O. The van der Waals surface area contributed by atoms with Crippen LogP contribution < -0.4 is 15.5 Å². The molecule has 0 bridgehead atoms. The maximum absolute atomic E-state index is 10.3. The number of rotatable bonds is 9. The number of hydrogen-bond donors (Lipinski definition) is 3. The third-order valence-corrected chi connectivity index (χ3v) is 4.28. The Balaban J connectivity index is 0.00000392. The van der Waals surface area contributed by atoms with Crippen molar-refractivity contribution in [1.82, 2.24) is 15.6 Å². The van der Waals surface area contributed by atoms with Crippen LogP contribution in [0.1, 0.15) is 31.1 Å². The summed E-state index contributed by atoms with van der Waals surface area (Å²) in [5.41, 5.74) is 3.31. The van der Waals surface area contributed by atoms with Crippen LogP contribution in [0.4, 0.5) is 5.69 Å². The first-order chi connectivity index (χ1) is 13.1. The van der Waals surface area contributed by atoms with E-state index in [0.29, 0.717) is 12.5 Å². The van der Waals surface area contributed by atoms with Crippen LogP contribution in [0.25, 0.3) is 0 Å². The summed E-state index contributed by atoms with van der Waals surface area (Å²) in [5, 5.41) is 16.8. The Labute approximate surface area is 185 Å². The molecule has 0 spiro atoms. The molecule has 0 aliphatic heterocycles. The molecule has 0 fully saturated rings. The number of pyridine rings is 1. The number of nitrogens with zero attached hydrogens (tertiary/aromatic N) is 3. The number of aliphatic imine (C=N–C) groups is 1. The van der Waals surface area contributed by atoms with Crippen LogP contribution in [-0.2, 0) is 0 Å². The number of aromatic nitrogens is 1. The first kappa shape index (κ1) is 24.2. The van der Waals surface area contributed by atoms with Crippen LogP contribution in [0.5, 0.6) is 0 Å². The summed E-state index contributed by atoms with van der Waals surface area (Å²) in [7, 11) is 0. The van der Waals surface area contributed by atoms with Crippen LogP contribution in [-0.4, -0.2) is 48.8 Å². The van der Waals surface area contributed by atoms with Crippen LogP contribution in [0.3, 0.4) is 0 Å². The van der Waals surface area contributed by atoms with E-state index in [1.165, 1.54) is 11.3 Å². The summed E-state index contributed by atoms with van der Waals surface area (Å²) in [6.07, 6.45) is 2.72. The number of halogens is 1. The molecule has 1 atom stereocenters. The van der Waals surface area contributed by atoms with Crippen molar-refractivity contribution in [1.29, 1.82) is 0 Å². The van der Waals surface area contributed by atoms with Crippen molar-refractivity contribution in [3.05, 3.63) is 59.9 Å². The standard InChI is InChI=1S/C21H31N5O.HI/c1-4-23-21(25-16-20(27)18-9-11-22-12-10-18)24-13-14-26(5-2)19-8-6-7-17(3)15-19;/h6-12,15,20,27H,4-5,13-14,16H2,1-3H3,(H2,23,24,25);1H. The molecule has 154 valence electrons. The van der Waals surface area contributed by atoms with Gasteiger partial charge in [-0.15, -0.1) is 24.0 Å². The first-order valence-corrected chi connectivity index (χ1v) is 9.55. The van der Waals surface area contributed by atoms with Crippen molar-refractivity contribution < 1.29 is 5.11 Å². The van der Waals surface area contributed by atoms with Gasteiger partial charge >= 0.3 is 0 Å². The molecule has 2 aromatic rings. The normalized spacial score (nSPS) is 12.1. The fourth-order valence-corrected chi connectivity index (χ4v) is 2.81. The maximum Gasteiger partial charge on any atom is 0.191 e. The Morgan fingerprint density at radius 2 is 1.93 bits per heavy atom. The monoisotopic (exact) mass is 497 g/mol. The predicted molar refractivity (Wildman–Crippen MR) is 128 cm³/mol. The Morgan fingerprint density at radius 3 is 2.57 bits per heavy atom. The van der Waals surface area contributed by atoms with Crippen LogP contribution in [0, 0.1) is 6.92 Å². The Morgan fingerprint density at radius 1 is 1.18 bits per heavy atom. The van der Waals surface area contributed by atoms with Gasteiger partial charge in [0.2, 0.25) is 0 Å². The number of nitrogens with one attached hydrogen (secondary N) is 2. The molecule has 28 heavy (non-hydrogen) atoms. The average molecular weight is 497 g/mol. The highest BCUT2D eigenvalue weighted by atomic mass is 127. The zero-order valence-corrected chi connectivity index (χ0v) is 19.3. The van der Waals surface area contributed by atoms with E-state index >= 15 is 0 Å². The van der Waals surface area contributed by atoms with Gasteiger partial charge in [0.1, 0.15) is 0 Å². The molecule has 7 heteroatoms. The summed E-state index contributed by atoms with van der Waals surface area (Å²) in [6.45, 7) is 9.95. The quantitative estimate of drug-likeness (QED) is 0.282. The van der Waals surface area contributed by atoms with Gasteiger partial charge in [-0.05, 0) is 56.2 Å². The van der Waals surface area contributed by atoms with E-state index in [9.17, 15) is 5.11 Å². The van der Waals surface area contributed by atoms with E-state index in [1.54, 1.807) is 12.4 Å². The van der Waals surface area contributed by atoms with Gasteiger partial charge in [-0.3, -0.25) is 9.98 Å². The van der Waals surface area contributed by atoms with Gasteiger partial charge in [0, 0.05) is 44.3 Å². The molecule has 3 N–H and O–H groups in total. The van der Waals surface area contributed by atoms with Gasteiger partial charge in [0.05, 0.1) is 12.6 Å². The Bertz CT molecular complexity index is 711. The molecule has 1 aromatic carbocycles. The average Bonchev–Trinajstić information content (AvgIpc) is 2.69. The van der Waals surface area contributed by atoms with Crippen LogP contribution in [0.15, 0.2) is 53.8 Å². The van der Waals surface area contributed by atoms with Gasteiger partial charge in [-0.1, -0.05) is 12.1 Å². The zero-order chi connectivity index (χ0) is 19.5. The SMILES string of the molecule is CCNC(=NCC(O)c1ccncc1)NCCN(CC)c1cccc(C)c1.I. The van der Waals surface area contributed by atoms with Gasteiger partial charge in [0.15, 0.2) is 5.96 Å². The lowest BCUT2D eigenvalue weighted by Crippen LogP contribution is -2.42. The highest BCUT2D eigenvalue weighted by Gasteiger charge is 2.08. The van der Waals surface area contributed by atoms with E-state index in [2.05, 4.69) is 63.6 Å². The second-order valence-electron chi connectivity index (χ2n) is 6.36. The van der Waals surface area contributed by atoms with Crippen molar-refractivity contribution in [3.8, 4) is 0 Å². The van der Waals surface area contributed by atoms with E-state index in [4.69, 9.17) is 0 Å². The van der Waals surface area contributed by atoms with Crippen molar-refractivity contribution in [2.24, 2.45) is 4.99 Å². The minimum absolute atomic E-state index is 0. The summed E-state index contributed by atoms with van der Waals surface area (Å²) in [5.74, 6) is 0.714. The largest absolute Gasteiger partial charge is 0.386 e. The molecule has 0 saturated carbocycles. The summed E-state index contributed by atoms with van der Waals surface area (Å²) < 4.78 is 0. The lowest BCUT2D eigenvalue weighted by Gasteiger charge is -2.24. The highest BCUT2D eigenvalue weighted by Crippen LogP contribution is 2.15. The molecule has 0 aliphatic rings. The van der Waals surface area contributed by atoms with Crippen LogP contribution >= 0.6 is 24.0 Å². The highest BCUT2D eigenvalue weighted by molar-refractivity contribution is 14.0. The molecule has 2 rings (SSSR count).